The standard InChI is InChI=1S/C13H10BrIN2O3/c1-20-13-5-3-8(6-10(13)14)16-9-2-4-12(17(18)19)11(15)7-9/h2-7,16H,1H3. The number of nitrogens with zero attached hydrogens (tertiary/aromatic N) is 1. The Labute approximate surface area is 137 Å². The van der Waals surface area contributed by atoms with Gasteiger partial charge >= 0.3 is 0 Å². The Hall–Kier alpha value is -1.35. The molecule has 5 nitrogen and oxygen atoms in total. The van der Waals surface area contributed by atoms with Crippen LogP contribution in [0.5, 0.6) is 5.75 Å². The first kappa shape index (κ1) is 15.0. The maximum absolute atomic E-state index is 10.8. The molecule has 0 bridgehead atoms. The first-order valence-electron chi connectivity index (χ1n) is 5.56. The lowest BCUT2D eigenvalue weighted by atomic mass is 10.2. The summed E-state index contributed by atoms with van der Waals surface area (Å²) in [5, 5.41) is 14.0. The molecular weight excluding hydrogens is 439 g/mol. The molecule has 0 aromatic heterocycles. The van der Waals surface area contributed by atoms with Gasteiger partial charge in [0.05, 0.1) is 20.1 Å². The van der Waals surface area contributed by atoms with E-state index in [0.717, 1.165) is 21.6 Å². The normalized spacial score (nSPS) is 10.2. The highest BCUT2D eigenvalue weighted by atomic mass is 127. The zero-order valence-electron chi connectivity index (χ0n) is 10.4. The summed E-state index contributed by atoms with van der Waals surface area (Å²) in [7, 11) is 1.60. The van der Waals surface area contributed by atoms with Gasteiger partial charge < -0.3 is 10.1 Å². The van der Waals surface area contributed by atoms with Crippen LogP contribution in [-0.2, 0) is 0 Å². The summed E-state index contributed by atoms with van der Waals surface area (Å²) in [5.41, 5.74) is 1.76. The molecule has 0 aliphatic carbocycles. The average molecular weight is 449 g/mol. The number of hydrogen-bond acceptors (Lipinski definition) is 4. The smallest absolute Gasteiger partial charge is 0.282 e. The van der Waals surface area contributed by atoms with Crippen LogP contribution < -0.4 is 10.1 Å². The minimum atomic E-state index is -0.393. The largest absolute Gasteiger partial charge is 0.496 e. The second kappa shape index (κ2) is 6.40. The molecule has 0 spiro atoms. The zero-order chi connectivity index (χ0) is 14.7. The van der Waals surface area contributed by atoms with Crippen LogP contribution in [0.15, 0.2) is 40.9 Å². The van der Waals surface area contributed by atoms with Gasteiger partial charge in [0.2, 0.25) is 0 Å². The van der Waals surface area contributed by atoms with Gasteiger partial charge in [-0.2, -0.15) is 0 Å². The Morgan fingerprint density at radius 2 is 1.90 bits per heavy atom. The number of nitro benzene ring substituents is 1. The van der Waals surface area contributed by atoms with Crippen LogP contribution in [0.4, 0.5) is 17.1 Å². The first-order chi connectivity index (χ1) is 9.51. The van der Waals surface area contributed by atoms with Crippen molar-refractivity contribution in [2.45, 2.75) is 0 Å². The fraction of sp³-hybridized carbons (Fsp3) is 0.0769. The van der Waals surface area contributed by atoms with Gasteiger partial charge in [0.15, 0.2) is 0 Å². The maximum atomic E-state index is 10.8. The molecule has 0 aliphatic heterocycles. The number of nitro groups is 1. The summed E-state index contributed by atoms with van der Waals surface area (Å²) in [5.74, 6) is 0.744. The van der Waals surface area contributed by atoms with Crippen molar-refractivity contribution in [2.75, 3.05) is 12.4 Å². The maximum Gasteiger partial charge on any atom is 0.282 e. The molecule has 2 aromatic rings. The molecule has 0 saturated carbocycles. The number of methoxy groups -OCH3 is 1. The number of benzene rings is 2. The van der Waals surface area contributed by atoms with Crippen LogP contribution in [0.2, 0.25) is 0 Å². The van der Waals surface area contributed by atoms with Crippen molar-refractivity contribution in [3.05, 3.63) is 54.6 Å². The third-order valence-electron chi connectivity index (χ3n) is 2.58. The monoisotopic (exact) mass is 448 g/mol. The summed E-state index contributed by atoms with van der Waals surface area (Å²) in [6.07, 6.45) is 0. The van der Waals surface area contributed by atoms with E-state index in [-0.39, 0.29) is 5.69 Å². The van der Waals surface area contributed by atoms with Crippen molar-refractivity contribution in [2.24, 2.45) is 0 Å². The van der Waals surface area contributed by atoms with E-state index in [1.165, 1.54) is 6.07 Å². The molecule has 7 heteroatoms. The van der Waals surface area contributed by atoms with E-state index in [2.05, 4.69) is 21.2 Å². The summed E-state index contributed by atoms with van der Waals surface area (Å²) < 4.78 is 6.58. The highest BCUT2D eigenvalue weighted by Crippen LogP contribution is 2.30. The number of ether oxygens (including phenoxy) is 1. The van der Waals surface area contributed by atoms with Crippen molar-refractivity contribution >= 4 is 55.6 Å². The summed E-state index contributed by atoms with van der Waals surface area (Å²) >= 11 is 5.36. The average Bonchev–Trinajstić information content (AvgIpc) is 2.38. The number of nitrogens with one attached hydrogen (secondary N) is 1. The van der Waals surface area contributed by atoms with Crippen molar-refractivity contribution in [1.29, 1.82) is 0 Å². The van der Waals surface area contributed by atoms with Crippen LogP contribution in [0.25, 0.3) is 0 Å². The van der Waals surface area contributed by atoms with E-state index in [9.17, 15) is 10.1 Å². The number of halogens is 2. The number of hydrogen-bond donors (Lipinski definition) is 1. The molecule has 0 unspecified atom stereocenters. The second-order valence-electron chi connectivity index (χ2n) is 3.90. The second-order valence-corrected chi connectivity index (χ2v) is 5.91. The van der Waals surface area contributed by atoms with Gasteiger partial charge in [-0.3, -0.25) is 10.1 Å². The van der Waals surface area contributed by atoms with E-state index in [1.807, 2.05) is 40.8 Å². The van der Waals surface area contributed by atoms with Crippen molar-refractivity contribution in [3.63, 3.8) is 0 Å². The van der Waals surface area contributed by atoms with E-state index in [4.69, 9.17) is 4.74 Å². The molecular formula is C13H10BrIN2O3. The summed E-state index contributed by atoms with van der Waals surface area (Å²) in [4.78, 5) is 10.4. The van der Waals surface area contributed by atoms with Gasteiger partial charge in [0, 0.05) is 17.4 Å². The predicted molar refractivity (Wildman–Crippen MR) is 89.8 cm³/mol. The van der Waals surface area contributed by atoms with Crippen LogP contribution in [-0.4, -0.2) is 12.0 Å². The number of anilines is 2. The molecule has 0 amide bonds. The van der Waals surface area contributed by atoms with Gasteiger partial charge in [-0.25, -0.2) is 0 Å². The van der Waals surface area contributed by atoms with Gasteiger partial charge in [0.1, 0.15) is 5.75 Å². The van der Waals surface area contributed by atoms with E-state index >= 15 is 0 Å². The molecule has 0 aliphatic rings. The molecule has 0 atom stereocenters. The van der Waals surface area contributed by atoms with Gasteiger partial charge in [-0.15, -0.1) is 0 Å². The van der Waals surface area contributed by atoms with Crippen molar-refractivity contribution in [3.8, 4) is 5.75 Å². The minimum Gasteiger partial charge on any atom is -0.496 e. The molecule has 104 valence electrons. The SMILES string of the molecule is COc1ccc(Nc2ccc([N+](=O)[O-])c(I)c2)cc1Br. The molecule has 2 rings (SSSR count). The lowest BCUT2D eigenvalue weighted by Gasteiger charge is -2.09. The molecule has 0 heterocycles. The van der Waals surface area contributed by atoms with Gasteiger partial charge in [-0.1, -0.05) is 0 Å². The van der Waals surface area contributed by atoms with Crippen LogP contribution in [0.3, 0.4) is 0 Å². The van der Waals surface area contributed by atoms with Crippen molar-refractivity contribution < 1.29 is 9.66 Å². The van der Waals surface area contributed by atoms with Crippen LogP contribution >= 0.6 is 38.5 Å². The van der Waals surface area contributed by atoms with E-state index < -0.39 is 4.92 Å². The van der Waals surface area contributed by atoms with Gasteiger partial charge in [-0.05, 0) is 68.9 Å². The zero-order valence-corrected chi connectivity index (χ0v) is 14.1. The van der Waals surface area contributed by atoms with Crippen molar-refractivity contribution in [1.82, 2.24) is 0 Å². The molecule has 2 aromatic carbocycles. The third-order valence-corrected chi connectivity index (χ3v) is 4.07. The molecule has 20 heavy (non-hydrogen) atoms. The highest BCUT2D eigenvalue weighted by molar-refractivity contribution is 14.1. The fourth-order valence-corrected chi connectivity index (χ4v) is 2.90. The van der Waals surface area contributed by atoms with Crippen LogP contribution in [0, 0.1) is 13.7 Å². The van der Waals surface area contributed by atoms with E-state index in [0.29, 0.717) is 3.57 Å². The lowest BCUT2D eigenvalue weighted by Crippen LogP contribution is -1.95. The molecule has 0 fully saturated rings. The first-order valence-corrected chi connectivity index (χ1v) is 7.43. The molecule has 1 N–H and O–H groups in total. The highest BCUT2D eigenvalue weighted by Gasteiger charge is 2.11. The Kier molecular flexibility index (Phi) is 4.81. The Balaban J connectivity index is 2.24. The fourth-order valence-electron chi connectivity index (χ4n) is 1.64. The van der Waals surface area contributed by atoms with E-state index in [1.54, 1.807) is 19.2 Å². The Bertz CT molecular complexity index is 664. The quantitative estimate of drug-likeness (QED) is 0.417. The summed E-state index contributed by atoms with van der Waals surface area (Å²) in [6, 6.07) is 10.5. The Morgan fingerprint density at radius 3 is 2.45 bits per heavy atom. The topological polar surface area (TPSA) is 64.4 Å². The third kappa shape index (κ3) is 3.40. The lowest BCUT2D eigenvalue weighted by molar-refractivity contribution is -0.385. The Morgan fingerprint density at radius 1 is 1.25 bits per heavy atom. The van der Waals surface area contributed by atoms with Gasteiger partial charge in [0.25, 0.3) is 5.69 Å². The number of rotatable bonds is 4. The van der Waals surface area contributed by atoms with Crippen LogP contribution in [0.1, 0.15) is 0 Å². The summed E-state index contributed by atoms with van der Waals surface area (Å²) in [6.45, 7) is 0. The molecule has 0 saturated heterocycles. The predicted octanol–water partition coefficient (Wildman–Crippen LogP) is 4.71. The molecule has 0 radical (unpaired) electrons. The minimum absolute atomic E-state index is 0.104.